The summed E-state index contributed by atoms with van der Waals surface area (Å²) in [5.41, 5.74) is 1.71. The van der Waals surface area contributed by atoms with Crippen molar-refractivity contribution >= 4 is 54.2 Å². The van der Waals surface area contributed by atoms with Crippen LogP contribution in [0.5, 0.6) is 5.75 Å². The lowest BCUT2D eigenvalue weighted by Gasteiger charge is -2.22. The van der Waals surface area contributed by atoms with Crippen LogP contribution < -0.4 is 9.64 Å². The minimum atomic E-state index is -3.66. The highest BCUT2D eigenvalue weighted by Crippen LogP contribution is 2.39. The first-order valence-electron chi connectivity index (χ1n) is 12.2. The number of fused-ring (bicyclic) bond motifs is 1. The van der Waals surface area contributed by atoms with Gasteiger partial charge in [-0.1, -0.05) is 42.9 Å². The summed E-state index contributed by atoms with van der Waals surface area (Å²) >= 11 is 7.72. The Morgan fingerprint density at radius 1 is 1.05 bits per heavy atom. The van der Waals surface area contributed by atoms with E-state index < -0.39 is 10.0 Å². The molecule has 0 radical (unpaired) electrons. The second-order valence-corrected chi connectivity index (χ2v) is 11.9. The normalized spacial score (nSPS) is 11.7. The van der Waals surface area contributed by atoms with E-state index in [9.17, 15) is 13.2 Å². The van der Waals surface area contributed by atoms with Gasteiger partial charge in [0.25, 0.3) is 5.91 Å². The Balaban J connectivity index is 1.72. The Bertz CT molecular complexity index is 1500. The number of rotatable bonds is 11. The SMILES string of the molecule is CCCN(CCC)S(=O)(=O)c1ccc(C(=O)N(Cc2cccnc2)c2nc3c(OC)ccc(Cl)c3s2)cc1. The summed E-state index contributed by atoms with van der Waals surface area (Å²) in [6.45, 7) is 5.00. The fourth-order valence-electron chi connectivity index (χ4n) is 4.05. The summed E-state index contributed by atoms with van der Waals surface area (Å²) in [5.74, 6) is 0.227. The maximum Gasteiger partial charge on any atom is 0.260 e. The quantitative estimate of drug-likeness (QED) is 0.218. The smallest absolute Gasteiger partial charge is 0.260 e. The van der Waals surface area contributed by atoms with Crippen molar-refractivity contribution in [2.24, 2.45) is 0 Å². The number of amides is 1. The highest BCUT2D eigenvalue weighted by Gasteiger charge is 2.26. The van der Waals surface area contributed by atoms with Crippen molar-refractivity contribution in [3.05, 3.63) is 77.1 Å². The molecule has 2 heterocycles. The average Bonchev–Trinajstić information content (AvgIpc) is 3.38. The standard InChI is InChI=1S/C27H29ClN4O4S2/c1-4-15-31(16-5-2)38(34,35)21-10-8-20(9-11-21)26(33)32(18-19-7-6-14-29-17-19)27-30-24-23(36-3)13-12-22(28)25(24)37-27/h6-14,17H,4-5,15-16,18H2,1-3H3. The number of ether oxygens (including phenoxy) is 1. The molecule has 4 rings (SSSR count). The van der Waals surface area contributed by atoms with Crippen LogP contribution >= 0.6 is 22.9 Å². The van der Waals surface area contributed by atoms with E-state index in [1.807, 2.05) is 19.9 Å². The molecule has 0 saturated carbocycles. The molecule has 8 nitrogen and oxygen atoms in total. The van der Waals surface area contributed by atoms with E-state index in [-0.39, 0.29) is 17.3 Å². The fourth-order valence-corrected chi connectivity index (χ4v) is 6.93. The van der Waals surface area contributed by atoms with Gasteiger partial charge in [-0.25, -0.2) is 13.4 Å². The highest BCUT2D eigenvalue weighted by atomic mass is 35.5. The lowest BCUT2D eigenvalue weighted by atomic mass is 10.2. The molecule has 0 spiro atoms. The molecule has 0 fully saturated rings. The molecule has 2 aromatic heterocycles. The van der Waals surface area contributed by atoms with Crippen LogP contribution in [0.3, 0.4) is 0 Å². The van der Waals surface area contributed by atoms with Gasteiger partial charge in [0.15, 0.2) is 5.13 Å². The summed E-state index contributed by atoms with van der Waals surface area (Å²) in [7, 11) is -2.10. The molecule has 1 amide bonds. The first kappa shape index (κ1) is 28.0. The molecular formula is C27H29ClN4O4S2. The number of hydrogen-bond donors (Lipinski definition) is 0. The van der Waals surface area contributed by atoms with Crippen molar-refractivity contribution in [1.82, 2.24) is 14.3 Å². The van der Waals surface area contributed by atoms with Gasteiger partial charge in [0, 0.05) is 31.0 Å². The Labute approximate surface area is 231 Å². The van der Waals surface area contributed by atoms with Gasteiger partial charge in [0.1, 0.15) is 11.3 Å². The second kappa shape index (κ2) is 12.2. The van der Waals surface area contributed by atoms with E-state index in [1.54, 1.807) is 54.7 Å². The van der Waals surface area contributed by atoms with E-state index >= 15 is 0 Å². The zero-order valence-electron chi connectivity index (χ0n) is 21.4. The topological polar surface area (TPSA) is 92.7 Å². The van der Waals surface area contributed by atoms with Crippen molar-refractivity contribution < 1.29 is 17.9 Å². The van der Waals surface area contributed by atoms with Gasteiger partial charge in [-0.05, 0) is 60.9 Å². The van der Waals surface area contributed by atoms with Gasteiger partial charge in [-0.3, -0.25) is 14.7 Å². The van der Waals surface area contributed by atoms with E-state index in [1.165, 1.54) is 27.8 Å². The van der Waals surface area contributed by atoms with Crippen LogP contribution in [0.15, 0.2) is 65.8 Å². The Morgan fingerprint density at radius 3 is 2.37 bits per heavy atom. The van der Waals surface area contributed by atoms with E-state index in [4.69, 9.17) is 21.3 Å². The zero-order valence-corrected chi connectivity index (χ0v) is 23.8. The molecule has 0 unspecified atom stereocenters. The summed E-state index contributed by atoms with van der Waals surface area (Å²) in [6.07, 6.45) is 4.79. The third-order valence-electron chi connectivity index (χ3n) is 5.89. The van der Waals surface area contributed by atoms with Gasteiger partial charge in [-0.15, -0.1) is 0 Å². The van der Waals surface area contributed by atoms with Crippen LogP contribution in [-0.2, 0) is 16.6 Å². The largest absolute Gasteiger partial charge is 0.494 e. The van der Waals surface area contributed by atoms with Gasteiger partial charge in [-0.2, -0.15) is 4.31 Å². The number of anilines is 1. The van der Waals surface area contributed by atoms with E-state index in [2.05, 4.69) is 4.98 Å². The number of nitrogens with zero attached hydrogens (tertiary/aromatic N) is 4. The number of carbonyl (C=O) groups excluding carboxylic acids is 1. The number of halogens is 1. The maximum atomic E-state index is 13.8. The van der Waals surface area contributed by atoms with Crippen LogP contribution in [0, 0.1) is 0 Å². The number of hydrogen-bond acceptors (Lipinski definition) is 7. The van der Waals surface area contributed by atoms with Crippen molar-refractivity contribution in [3.63, 3.8) is 0 Å². The fraction of sp³-hybridized carbons (Fsp3) is 0.296. The molecule has 0 aliphatic heterocycles. The first-order valence-corrected chi connectivity index (χ1v) is 14.9. The van der Waals surface area contributed by atoms with Crippen LogP contribution in [0.4, 0.5) is 5.13 Å². The molecule has 0 saturated heterocycles. The molecule has 200 valence electrons. The molecular weight excluding hydrogens is 544 g/mol. The Hall–Kier alpha value is -3.05. The highest BCUT2D eigenvalue weighted by molar-refractivity contribution is 7.89. The minimum absolute atomic E-state index is 0.159. The first-order chi connectivity index (χ1) is 18.3. The van der Waals surface area contributed by atoms with Crippen molar-refractivity contribution in [1.29, 1.82) is 0 Å². The molecule has 0 bridgehead atoms. The van der Waals surface area contributed by atoms with Crippen LogP contribution in [0.1, 0.15) is 42.6 Å². The lowest BCUT2D eigenvalue weighted by Crippen LogP contribution is -2.33. The van der Waals surface area contributed by atoms with Crippen molar-refractivity contribution in [2.45, 2.75) is 38.1 Å². The molecule has 2 aromatic carbocycles. The monoisotopic (exact) mass is 572 g/mol. The second-order valence-electron chi connectivity index (χ2n) is 8.60. The van der Waals surface area contributed by atoms with Crippen molar-refractivity contribution in [2.75, 3.05) is 25.1 Å². The minimum Gasteiger partial charge on any atom is -0.494 e. The van der Waals surface area contributed by atoms with E-state index in [0.717, 1.165) is 18.4 Å². The maximum absolute atomic E-state index is 13.8. The number of aromatic nitrogens is 2. The number of carbonyl (C=O) groups is 1. The van der Waals surface area contributed by atoms with Crippen LogP contribution in [0.2, 0.25) is 5.02 Å². The molecule has 4 aromatic rings. The van der Waals surface area contributed by atoms with Gasteiger partial charge in [0.2, 0.25) is 10.0 Å². The van der Waals surface area contributed by atoms with Gasteiger partial charge >= 0.3 is 0 Å². The third-order valence-corrected chi connectivity index (χ3v) is 9.34. The zero-order chi connectivity index (χ0) is 27.3. The molecule has 0 aliphatic rings. The molecule has 0 N–H and O–H groups in total. The predicted molar refractivity (Wildman–Crippen MR) is 152 cm³/mol. The van der Waals surface area contributed by atoms with Crippen LogP contribution in [-0.4, -0.2) is 48.8 Å². The lowest BCUT2D eigenvalue weighted by molar-refractivity contribution is 0.0985. The number of benzene rings is 2. The summed E-state index contributed by atoms with van der Waals surface area (Å²) < 4.78 is 34.0. The van der Waals surface area contributed by atoms with Crippen molar-refractivity contribution in [3.8, 4) is 5.75 Å². The number of pyridine rings is 1. The van der Waals surface area contributed by atoms with E-state index in [0.29, 0.717) is 44.8 Å². The molecule has 11 heteroatoms. The Morgan fingerprint density at radius 2 is 1.76 bits per heavy atom. The predicted octanol–water partition coefficient (Wildman–Crippen LogP) is 6.01. The summed E-state index contributed by atoms with van der Waals surface area (Å²) in [4.78, 5) is 24.4. The molecule has 0 aliphatic carbocycles. The van der Waals surface area contributed by atoms with Crippen LogP contribution in [0.25, 0.3) is 10.2 Å². The third kappa shape index (κ3) is 5.83. The average molecular weight is 573 g/mol. The molecule has 38 heavy (non-hydrogen) atoms. The summed E-state index contributed by atoms with van der Waals surface area (Å²) in [6, 6.07) is 13.2. The van der Waals surface area contributed by atoms with Gasteiger partial charge < -0.3 is 4.74 Å². The number of methoxy groups -OCH3 is 1. The summed E-state index contributed by atoms with van der Waals surface area (Å²) in [5, 5.41) is 0.950. The number of thiazole rings is 1. The van der Waals surface area contributed by atoms with Gasteiger partial charge in [0.05, 0.1) is 28.3 Å². The number of sulfonamides is 1. The Kier molecular flexibility index (Phi) is 8.99. The molecule has 0 atom stereocenters.